The molecule has 1 aromatic rings. The third-order valence-electron chi connectivity index (χ3n) is 3.72. The number of nitrogens with one attached hydrogen (secondary N) is 3. The number of anilines is 1. The van der Waals surface area contributed by atoms with Crippen molar-refractivity contribution < 1.29 is 14.5 Å². The molecule has 22 heavy (non-hydrogen) atoms. The average molecular weight is 305 g/mol. The summed E-state index contributed by atoms with van der Waals surface area (Å²) in [4.78, 5) is 26.9. The van der Waals surface area contributed by atoms with E-state index in [4.69, 9.17) is 0 Å². The highest BCUT2D eigenvalue weighted by Gasteiger charge is 2.31. The molecule has 0 spiro atoms. The number of rotatable bonds is 5. The van der Waals surface area contributed by atoms with Gasteiger partial charge in [0.2, 0.25) is 5.91 Å². The molecular formula is C16H25N4O2+. The molecule has 0 aliphatic carbocycles. The number of aryl methyl sites for hydroxylation is 1. The summed E-state index contributed by atoms with van der Waals surface area (Å²) in [5.41, 5.74) is 2.05. The second kappa shape index (κ2) is 7.26. The van der Waals surface area contributed by atoms with E-state index in [1.807, 2.05) is 45.3 Å². The highest BCUT2D eigenvalue weighted by Crippen LogP contribution is 2.21. The first kappa shape index (κ1) is 16.3. The van der Waals surface area contributed by atoms with Crippen LogP contribution in [0.2, 0.25) is 0 Å². The SMILES string of the molecule is Cc1ccc(N2C[C@@H](NC(=O)NCC[NH+](C)C)CC2=O)cc1. The largest absolute Gasteiger partial charge is 0.338 e. The van der Waals surface area contributed by atoms with Crippen molar-refractivity contribution >= 4 is 17.6 Å². The van der Waals surface area contributed by atoms with Crippen molar-refractivity contribution in [3.63, 3.8) is 0 Å². The summed E-state index contributed by atoms with van der Waals surface area (Å²) in [5, 5.41) is 5.69. The maximum atomic E-state index is 12.1. The molecule has 3 amide bonds. The third-order valence-corrected chi connectivity index (χ3v) is 3.72. The first-order valence-corrected chi connectivity index (χ1v) is 7.66. The highest BCUT2D eigenvalue weighted by atomic mass is 16.2. The van der Waals surface area contributed by atoms with Gasteiger partial charge in [-0.3, -0.25) is 4.79 Å². The van der Waals surface area contributed by atoms with Crippen LogP contribution in [0.4, 0.5) is 10.5 Å². The van der Waals surface area contributed by atoms with Crippen LogP contribution in [0.1, 0.15) is 12.0 Å². The fraction of sp³-hybridized carbons (Fsp3) is 0.500. The van der Waals surface area contributed by atoms with Crippen molar-refractivity contribution in [2.24, 2.45) is 0 Å². The van der Waals surface area contributed by atoms with Crippen molar-refractivity contribution in [1.82, 2.24) is 10.6 Å². The number of nitrogens with zero attached hydrogens (tertiary/aromatic N) is 1. The van der Waals surface area contributed by atoms with Crippen LogP contribution in [-0.2, 0) is 4.79 Å². The van der Waals surface area contributed by atoms with Gasteiger partial charge in [0.15, 0.2) is 0 Å². The lowest BCUT2D eigenvalue weighted by molar-refractivity contribution is -0.856. The molecule has 1 saturated heterocycles. The number of benzene rings is 1. The first-order valence-electron chi connectivity index (χ1n) is 7.66. The number of likely N-dealkylation sites (N-methyl/N-ethyl adjacent to an activating group) is 1. The number of hydrogen-bond acceptors (Lipinski definition) is 2. The zero-order valence-electron chi connectivity index (χ0n) is 13.5. The predicted molar refractivity (Wildman–Crippen MR) is 86.1 cm³/mol. The minimum absolute atomic E-state index is 0.0480. The molecule has 0 bridgehead atoms. The number of amides is 3. The maximum absolute atomic E-state index is 12.1. The molecule has 1 aromatic carbocycles. The summed E-state index contributed by atoms with van der Waals surface area (Å²) < 4.78 is 0. The molecule has 1 aliphatic heterocycles. The van der Waals surface area contributed by atoms with Crippen LogP contribution >= 0.6 is 0 Å². The van der Waals surface area contributed by atoms with Gasteiger partial charge in [-0.1, -0.05) is 17.7 Å². The maximum Gasteiger partial charge on any atom is 0.315 e. The number of urea groups is 1. The Hall–Kier alpha value is -2.08. The van der Waals surface area contributed by atoms with Gasteiger partial charge in [0.25, 0.3) is 0 Å². The molecule has 1 heterocycles. The normalized spacial score (nSPS) is 17.9. The molecular weight excluding hydrogens is 280 g/mol. The zero-order chi connectivity index (χ0) is 16.1. The molecule has 2 rings (SSSR count). The zero-order valence-corrected chi connectivity index (χ0v) is 13.5. The Balaban J connectivity index is 1.84. The van der Waals surface area contributed by atoms with Crippen LogP contribution in [0.5, 0.6) is 0 Å². The van der Waals surface area contributed by atoms with E-state index in [9.17, 15) is 9.59 Å². The second-order valence-corrected chi connectivity index (χ2v) is 6.10. The lowest BCUT2D eigenvalue weighted by Crippen LogP contribution is -3.06. The van der Waals surface area contributed by atoms with Crippen molar-refractivity contribution in [1.29, 1.82) is 0 Å². The van der Waals surface area contributed by atoms with Crippen molar-refractivity contribution in [2.45, 2.75) is 19.4 Å². The molecule has 0 radical (unpaired) electrons. The number of carbonyl (C=O) groups excluding carboxylic acids is 2. The van der Waals surface area contributed by atoms with E-state index < -0.39 is 0 Å². The van der Waals surface area contributed by atoms with Crippen molar-refractivity contribution in [3.05, 3.63) is 29.8 Å². The van der Waals surface area contributed by atoms with Gasteiger partial charge in [-0.25, -0.2) is 4.79 Å². The Labute approximate surface area is 131 Å². The van der Waals surface area contributed by atoms with Crippen LogP contribution in [-0.4, -0.2) is 51.7 Å². The molecule has 3 N–H and O–H groups in total. The number of carbonyl (C=O) groups is 2. The average Bonchev–Trinajstić information content (AvgIpc) is 2.80. The second-order valence-electron chi connectivity index (χ2n) is 6.10. The van der Waals surface area contributed by atoms with E-state index >= 15 is 0 Å². The number of hydrogen-bond donors (Lipinski definition) is 3. The summed E-state index contributed by atoms with van der Waals surface area (Å²) in [5.74, 6) is 0.0480. The molecule has 1 aliphatic rings. The third kappa shape index (κ3) is 4.46. The van der Waals surface area contributed by atoms with Crippen molar-refractivity contribution in [2.75, 3.05) is 38.6 Å². The van der Waals surface area contributed by atoms with E-state index in [-0.39, 0.29) is 18.0 Å². The van der Waals surface area contributed by atoms with E-state index in [2.05, 4.69) is 10.6 Å². The van der Waals surface area contributed by atoms with Crippen LogP contribution < -0.4 is 20.4 Å². The minimum Gasteiger partial charge on any atom is -0.338 e. The van der Waals surface area contributed by atoms with E-state index in [0.29, 0.717) is 19.5 Å². The monoisotopic (exact) mass is 305 g/mol. The number of quaternary nitrogens is 1. The van der Waals surface area contributed by atoms with Crippen LogP contribution in [0.15, 0.2) is 24.3 Å². The van der Waals surface area contributed by atoms with Gasteiger partial charge in [0.05, 0.1) is 33.2 Å². The van der Waals surface area contributed by atoms with Gasteiger partial charge >= 0.3 is 6.03 Å². The molecule has 6 nitrogen and oxygen atoms in total. The Morgan fingerprint density at radius 3 is 2.64 bits per heavy atom. The summed E-state index contributed by atoms with van der Waals surface area (Å²) in [7, 11) is 4.07. The quantitative estimate of drug-likeness (QED) is 0.689. The fourth-order valence-electron chi connectivity index (χ4n) is 2.44. The van der Waals surface area contributed by atoms with E-state index in [1.165, 1.54) is 4.90 Å². The van der Waals surface area contributed by atoms with Gasteiger partial charge in [0.1, 0.15) is 0 Å². The standard InChI is InChI=1S/C16H24N4O2/c1-12-4-6-14(7-5-12)20-11-13(10-15(20)21)18-16(22)17-8-9-19(2)3/h4-7,13H,8-11H2,1-3H3,(H2,17,18,22)/p+1/t13-/m0/s1. The van der Waals surface area contributed by atoms with Crippen LogP contribution in [0.25, 0.3) is 0 Å². The molecule has 1 atom stereocenters. The summed E-state index contributed by atoms with van der Waals surface area (Å²) in [6.07, 6.45) is 0.347. The predicted octanol–water partition coefficient (Wildman–Crippen LogP) is -0.456. The molecule has 1 fully saturated rings. The Kier molecular flexibility index (Phi) is 5.38. The smallest absolute Gasteiger partial charge is 0.315 e. The first-order chi connectivity index (χ1) is 10.5. The molecule has 0 aromatic heterocycles. The van der Waals surface area contributed by atoms with Gasteiger partial charge in [0, 0.05) is 18.7 Å². The van der Waals surface area contributed by atoms with Gasteiger partial charge in [-0.15, -0.1) is 0 Å². The van der Waals surface area contributed by atoms with Crippen molar-refractivity contribution in [3.8, 4) is 0 Å². The summed E-state index contributed by atoms with van der Waals surface area (Å²) in [6, 6.07) is 7.51. The van der Waals surface area contributed by atoms with Crippen LogP contribution in [0.3, 0.4) is 0 Å². The molecule has 0 unspecified atom stereocenters. The highest BCUT2D eigenvalue weighted by molar-refractivity contribution is 5.96. The lowest BCUT2D eigenvalue weighted by Gasteiger charge is -2.17. The summed E-state index contributed by atoms with van der Waals surface area (Å²) in [6.45, 7) is 4.02. The topological polar surface area (TPSA) is 65.9 Å². The Bertz CT molecular complexity index is 527. The van der Waals surface area contributed by atoms with E-state index in [1.54, 1.807) is 4.90 Å². The Morgan fingerprint density at radius 1 is 1.32 bits per heavy atom. The minimum atomic E-state index is -0.204. The fourth-order valence-corrected chi connectivity index (χ4v) is 2.44. The lowest BCUT2D eigenvalue weighted by atomic mass is 10.2. The molecule has 0 saturated carbocycles. The molecule has 6 heteroatoms. The van der Waals surface area contributed by atoms with Gasteiger partial charge < -0.3 is 20.4 Å². The summed E-state index contributed by atoms with van der Waals surface area (Å²) >= 11 is 0. The van der Waals surface area contributed by atoms with E-state index in [0.717, 1.165) is 17.8 Å². The Morgan fingerprint density at radius 2 is 2.00 bits per heavy atom. The van der Waals surface area contributed by atoms with Gasteiger partial charge in [-0.2, -0.15) is 0 Å². The molecule has 120 valence electrons. The van der Waals surface area contributed by atoms with Gasteiger partial charge in [-0.05, 0) is 19.1 Å². The van der Waals surface area contributed by atoms with Crippen LogP contribution in [0, 0.1) is 6.92 Å².